The average molecular weight is 161 g/mol. The lowest BCUT2D eigenvalue weighted by atomic mass is 10.2. The van der Waals surface area contributed by atoms with Crippen molar-refractivity contribution < 1.29 is 18.1 Å². The molecule has 0 aliphatic rings. The Labute approximate surface area is 61.0 Å². The van der Waals surface area contributed by atoms with E-state index in [2.05, 4.69) is 9.68 Å². The summed E-state index contributed by atoms with van der Waals surface area (Å²) in [5, 5.41) is 3.20. The summed E-state index contributed by atoms with van der Waals surface area (Å²) in [4.78, 5) is 10.6. The number of rotatable bonds is 2. The Hall–Kier alpha value is -1.26. The van der Waals surface area contributed by atoms with Crippen LogP contribution in [0.2, 0.25) is 0 Å². The summed E-state index contributed by atoms with van der Waals surface area (Å²) < 4.78 is 27.9. The molecule has 11 heavy (non-hydrogen) atoms. The minimum absolute atomic E-state index is 0.121. The zero-order valence-electron chi connectivity index (χ0n) is 5.67. The molecule has 1 heterocycles. The zero-order valence-corrected chi connectivity index (χ0v) is 5.67. The summed E-state index contributed by atoms with van der Waals surface area (Å²) in [7, 11) is 0. The van der Waals surface area contributed by atoms with Crippen LogP contribution in [0.4, 0.5) is 8.78 Å². The minimum Gasteiger partial charge on any atom is -0.361 e. The number of carbonyl (C=O) groups is 1. The first kappa shape index (κ1) is 7.84. The van der Waals surface area contributed by atoms with Crippen LogP contribution < -0.4 is 0 Å². The predicted octanol–water partition coefficient (Wildman–Crippen LogP) is 1.43. The van der Waals surface area contributed by atoms with E-state index in [-0.39, 0.29) is 11.3 Å². The van der Waals surface area contributed by atoms with Gasteiger partial charge in [0.25, 0.3) is 0 Å². The van der Waals surface area contributed by atoms with Gasteiger partial charge < -0.3 is 4.52 Å². The molecule has 1 rings (SSSR count). The van der Waals surface area contributed by atoms with Crippen molar-refractivity contribution >= 4 is 5.78 Å². The highest BCUT2D eigenvalue weighted by atomic mass is 19.3. The molecule has 0 N–H and O–H groups in total. The third-order valence-corrected chi connectivity index (χ3v) is 1.21. The number of halogens is 2. The van der Waals surface area contributed by atoms with Crippen LogP contribution >= 0.6 is 0 Å². The summed E-state index contributed by atoms with van der Waals surface area (Å²) in [6.07, 6.45) is -2.00. The molecule has 0 atom stereocenters. The molecular weight excluding hydrogens is 156 g/mol. The monoisotopic (exact) mass is 161 g/mol. The van der Waals surface area contributed by atoms with Crippen molar-refractivity contribution in [1.29, 1.82) is 0 Å². The van der Waals surface area contributed by atoms with Gasteiger partial charge in [-0.05, 0) is 6.92 Å². The molecule has 0 aromatic carbocycles. The van der Waals surface area contributed by atoms with Crippen LogP contribution in [0.1, 0.15) is 16.1 Å². The van der Waals surface area contributed by atoms with Gasteiger partial charge in [0.2, 0.25) is 5.78 Å². The van der Waals surface area contributed by atoms with Crippen molar-refractivity contribution in [3.05, 3.63) is 17.5 Å². The predicted molar refractivity (Wildman–Crippen MR) is 31.6 cm³/mol. The van der Waals surface area contributed by atoms with E-state index in [1.54, 1.807) is 0 Å². The summed E-state index contributed by atoms with van der Waals surface area (Å²) in [6.45, 7) is 1.41. The van der Waals surface area contributed by atoms with Gasteiger partial charge in [-0.1, -0.05) is 5.16 Å². The number of hydrogen-bond donors (Lipinski definition) is 0. The quantitative estimate of drug-likeness (QED) is 0.616. The van der Waals surface area contributed by atoms with Crippen LogP contribution in [0, 0.1) is 6.92 Å². The Morgan fingerprint density at radius 1 is 1.73 bits per heavy atom. The van der Waals surface area contributed by atoms with E-state index < -0.39 is 12.2 Å². The molecule has 0 unspecified atom stereocenters. The van der Waals surface area contributed by atoms with E-state index in [0.717, 1.165) is 6.20 Å². The SMILES string of the molecule is Cc1oncc1C(=O)C(F)F. The van der Waals surface area contributed by atoms with Crippen molar-refractivity contribution in [2.75, 3.05) is 0 Å². The Morgan fingerprint density at radius 2 is 2.36 bits per heavy atom. The van der Waals surface area contributed by atoms with Crippen molar-refractivity contribution in [2.24, 2.45) is 0 Å². The normalized spacial score (nSPS) is 10.5. The number of ketones is 1. The first-order chi connectivity index (χ1) is 5.13. The Bertz CT molecular complexity index is 269. The maximum Gasteiger partial charge on any atom is 0.300 e. The van der Waals surface area contributed by atoms with Gasteiger partial charge in [0.1, 0.15) is 5.76 Å². The van der Waals surface area contributed by atoms with Crippen LogP contribution in [0.25, 0.3) is 0 Å². The second-order valence-electron chi connectivity index (χ2n) is 1.96. The highest BCUT2D eigenvalue weighted by Crippen LogP contribution is 2.11. The molecule has 0 aliphatic heterocycles. The molecule has 0 bridgehead atoms. The second-order valence-corrected chi connectivity index (χ2v) is 1.96. The first-order valence-corrected chi connectivity index (χ1v) is 2.86. The van der Waals surface area contributed by atoms with E-state index in [1.807, 2.05) is 0 Å². The number of nitrogens with zero attached hydrogens (tertiary/aromatic N) is 1. The smallest absolute Gasteiger partial charge is 0.300 e. The van der Waals surface area contributed by atoms with Gasteiger partial charge in [0.15, 0.2) is 0 Å². The average Bonchev–Trinajstić information content (AvgIpc) is 2.33. The fourth-order valence-electron chi connectivity index (χ4n) is 0.653. The van der Waals surface area contributed by atoms with E-state index >= 15 is 0 Å². The molecule has 1 aromatic heterocycles. The van der Waals surface area contributed by atoms with Crippen LogP contribution in [0.5, 0.6) is 0 Å². The van der Waals surface area contributed by atoms with E-state index in [0.29, 0.717) is 0 Å². The fourth-order valence-corrected chi connectivity index (χ4v) is 0.653. The number of aryl methyl sites for hydroxylation is 1. The first-order valence-electron chi connectivity index (χ1n) is 2.86. The second kappa shape index (κ2) is 2.77. The minimum atomic E-state index is -2.99. The van der Waals surface area contributed by atoms with Gasteiger partial charge in [-0.15, -0.1) is 0 Å². The maximum atomic E-state index is 11.8. The number of alkyl halides is 2. The molecule has 0 saturated carbocycles. The Balaban J connectivity index is 2.93. The number of carbonyl (C=O) groups excluding carboxylic acids is 1. The molecule has 0 aliphatic carbocycles. The number of hydrogen-bond acceptors (Lipinski definition) is 3. The Morgan fingerprint density at radius 3 is 2.73 bits per heavy atom. The van der Waals surface area contributed by atoms with Gasteiger partial charge in [-0.25, -0.2) is 8.78 Å². The lowest BCUT2D eigenvalue weighted by Crippen LogP contribution is -2.10. The molecule has 60 valence electrons. The maximum absolute atomic E-state index is 11.8. The zero-order chi connectivity index (χ0) is 8.43. The molecule has 1 aromatic rings. The number of Topliss-reactive ketones (excluding diaryl/α,β-unsaturated/α-hetero) is 1. The molecule has 0 radical (unpaired) electrons. The summed E-state index contributed by atoms with van der Waals surface area (Å²) in [6, 6.07) is 0. The largest absolute Gasteiger partial charge is 0.361 e. The lowest BCUT2D eigenvalue weighted by Gasteiger charge is -1.93. The van der Waals surface area contributed by atoms with E-state index in [9.17, 15) is 13.6 Å². The van der Waals surface area contributed by atoms with Gasteiger partial charge in [-0.2, -0.15) is 0 Å². The molecule has 5 heteroatoms. The van der Waals surface area contributed by atoms with Crippen molar-refractivity contribution in [1.82, 2.24) is 5.16 Å². The highest BCUT2D eigenvalue weighted by Gasteiger charge is 2.21. The van der Waals surface area contributed by atoms with Crippen LogP contribution in [-0.2, 0) is 0 Å². The molecule has 0 spiro atoms. The topological polar surface area (TPSA) is 43.1 Å². The van der Waals surface area contributed by atoms with Gasteiger partial charge in [-0.3, -0.25) is 4.79 Å². The fraction of sp³-hybridized carbons (Fsp3) is 0.333. The summed E-state index contributed by atoms with van der Waals surface area (Å²) >= 11 is 0. The Kier molecular flexibility index (Phi) is 1.98. The van der Waals surface area contributed by atoms with Crippen molar-refractivity contribution in [2.45, 2.75) is 13.3 Å². The van der Waals surface area contributed by atoms with E-state index in [4.69, 9.17) is 0 Å². The van der Waals surface area contributed by atoms with Gasteiger partial charge >= 0.3 is 6.43 Å². The van der Waals surface area contributed by atoms with Crippen LogP contribution in [-0.4, -0.2) is 17.4 Å². The van der Waals surface area contributed by atoms with E-state index in [1.165, 1.54) is 6.92 Å². The molecule has 0 amide bonds. The highest BCUT2D eigenvalue weighted by molar-refractivity contribution is 5.98. The van der Waals surface area contributed by atoms with Gasteiger partial charge in [0, 0.05) is 0 Å². The van der Waals surface area contributed by atoms with Crippen LogP contribution in [0.3, 0.4) is 0 Å². The standard InChI is InChI=1S/C6H5F2NO2/c1-3-4(2-9-11-3)5(10)6(7)8/h2,6H,1H3. The third kappa shape index (κ3) is 1.42. The lowest BCUT2D eigenvalue weighted by molar-refractivity contribution is 0.0677. The molecule has 3 nitrogen and oxygen atoms in total. The summed E-state index contributed by atoms with van der Waals surface area (Å²) in [5.74, 6) is -1.13. The van der Waals surface area contributed by atoms with Crippen molar-refractivity contribution in [3.63, 3.8) is 0 Å². The third-order valence-electron chi connectivity index (χ3n) is 1.21. The van der Waals surface area contributed by atoms with Gasteiger partial charge in [0.05, 0.1) is 11.8 Å². The number of aromatic nitrogens is 1. The molecular formula is C6H5F2NO2. The molecule has 0 saturated heterocycles. The summed E-state index contributed by atoms with van der Waals surface area (Å²) in [5.41, 5.74) is -0.153. The van der Waals surface area contributed by atoms with Crippen LogP contribution in [0.15, 0.2) is 10.7 Å². The molecule has 0 fully saturated rings. The van der Waals surface area contributed by atoms with Crippen molar-refractivity contribution in [3.8, 4) is 0 Å².